The summed E-state index contributed by atoms with van der Waals surface area (Å²) in [4.78, 5) is 15.5. The normalized spacial score (nSPS) is 10.6. The van der Waals surface area contributed by atoms with Gasteiger partial charge >= 0.3 is 0 Å². The number of nitrogens with zero attached hydrogens (tertiary/aromatic N) is 1. The third kappa shape index (κ3) is 8.64. The zero-order valence-electron chi connectivity index (χ0n) is 11.1. The zero-order valence-corrected chi connectivity index (χ0v) is 12.7. The largest absolute Gasteiger partial charge is 0.479 e. The molecule has 0 bridgehead atoms. The van der Waals surface area contributed by atoms with Crippen LogP contribution in [0, 0.1) is 0 Å². The van der Waals surface area contributed by atoms with Gasteiger partial charge in [0.1, 0.15) is 5.75 Å². The lowest BCUT2D eigenvalue weighted by molar-refractivity contribution is -0.127. The van der Waals surface area contributed by atoms with Crippen LogP contribution in [0.1, 0.15) is 13.8 Å². The van der Waals surface area contributed by atoms with Crippen LogP contribution < -0.4 is 15.4 Å². The summed E-state index contributed by atoms with van der Waals surface area (Å²) < 4.78 is 5.44. The number of hydrogen-bond donors (Lipinski definition) is 2. The maximum absolute atomic E-state index is 11.6. The predicted molar refractivity (Wildman–Crippen MR) is 80.4 cm³/mol. The Kier molecular flexibility index (Phi) is 12.8. The van der Waals surface area contributed by atoms with Crippen LogP contribution in [0.3, 0.4) is 0 Å². The van der Waals surface area contributed by atoms with Gasteiger partial charge in [0.15, 0.2) is 6.10 Å². The molecule has 110 valence electrons. The number of nitrogens with one attached hydrogen (secondary N) is 2. The molecular formula is C12H21Cl2N3O2. The quantitative estimate of drug-likeness (QED) is 0.748. The smallest absolute Gasteiger partial charge is 0.260 e. The lowest BCUT2D eigenvalue weighted by atomic mass is 10.3. The average Bonchev–Trinajstić information content (AvgIpc) is 2.35. The maximum atomic E-state index is 11.6. The van der Waals surface area contributed by atoms with Crippen LogP contribution in [0.2, 0.25) is 0 Å². The van der Waals surface area contributed by atoms with Crippen LogP contribution in [0.5, 0.6) is 5.75 Å². The summed E-state index contributed by atoms with van der Waals surface area (Å²) >= 11 is 0. The van der Waals surface area contributed by atoms with Gasteiger partial charge in [0.05, 0.1) is 6.20 Å². The van der Waals surface area contributed by atoms with E-state index in [9.17, 15) is 4.79 Å². The maximum Gasteiger partial charge on any atom is 0.260 e. The number of hydrogen-bond acceptors (Lipinski definition) is 4. The summed E-state index contributed by atoms with van der Waals surface area (Å²) in [5, 5.41) is 5.92. The van der Waals surface area contributed by atoms with Crippen LogP contribution in [0.25, 0.3) is 0 Å². The second-order valence-electron chi connectivity index (χ2n) is 3.59. The Morgan fingerprint density at radius 1 is 1.42 bits per heavy atom. The highest BCUT2D eigenvalue weighted by atomic mass is 35.5. The molecule has 0 saturated carbocycles. The highest BCUT2D eigenvalue weighted by molar-refractivity contribution is 5.85. The van der Waals surface area contributed by atoms with Crippen molar-refractivity contribution < 1.29 is 9.53 Å². The number of carbonyl (C=O) groups excluding carboxylic acids is 1. The van der Waals surface area contributed by atoms with Gasteiger partial charge < -0.3 is 15.4 Å². The van der Waals surface area contributed by atoms with Crippen LogP contribution >= 0.6 is 24.8 Å². The standard InChI is InChI=1S/C12H19N3O2.2ClH/c1-3-13-7-8-15-12(16)10(2)17-11-5-4-6-14-9-11;;/h4-6,9-10,13H,3,7-8H2,1-2H3,(H,15,16);2*1H. The first-order valence-corrected chi connectivity index (χ1v) is 5.79. The van der Waals surface area contributed by atoms with Crippen LogP contribution in [0.15, 0.2) is 24.5 Å². The van der Waals surface area contributed by atoms with Crippen molar-refractivity contribution in [1.29, 1.82) is 0 Å². The summed E-state index contributed by atoms with van der Waals surface area (Å²) in [6.45, 7) is 6.01. The molecule has 1 aromatic heterocycles. The van der Waals surface area contributed by atoms with Gasteiger partial charge in [0.25, 0.3) is 5.91 Å². The lowest BCUT2D eigenvalue weighted by Gasteiger charge is -2.14. The van der Waals surface area contributed by atoms with E-state index in [2.05, 4.69) is 15.6 Å². The number of halogens is 2. The molecule has 1 heterocycles. The minimum Gasteiger partial charge on any atom is -0.479 e. The van der Waals surface area contributed by atoms with Gasteiger partial charge in [-0.2, -0.15) is 0 Å². The van der Waals surface area contributed by atoms with Crippen LogP contribution in [-0.4, -0.2) is 36.6 Å². The van der Waals surface area contributed by atoms with Gasteiger partial charge in [0.2, 0.25) is 0 Å². The van der Waals surface area contributed by atoms with E-state index in [0.717, 1.165) is 13.1 Å². The summed E-state index contributed by atoms with van der Waals surface area (Å²) in [6.07, 6.45) is 2.73. The van der Waals surface area contributed by atoms with E-state index >= 15 is 0 Å². The number of carbonyl (C=O) groups is 1. The Bertz CT molecular complexity index is 339. The average molecular weight is 310 g/mol. The highest BCUT2D eigenvalue weighted by Crippen LogP contribution is 2.08. The van der Waals surface area contributed by atoms with Crippen molar-refractivity contribution in [1.82, 2.24) is 15.6 Å². The van der Waals surface area contributed by atoms with E-state index in [1.54, 1.807) is 31.5 Å². The molecule has 1 aromatic rings. The van der Waals surface area contributed by atoms with E-state index < -0.39 is 6.10 Å². The molecule has 0 aliphatic rings. The number of amides is 1. The van der Waals surface area contributed by atoms with Crippen molar-refractivity contribution in [2.45, 2.75) is 20.0 Å². The summed E-state index contributed by atoms with van der Waals surface area (Å²) in [5.41, 5.74) is 0. The Balaban J connectivity index is 0. The van der Waals surface area contributed by atoms with Gasteiger partial charge in [-0.15, -0.1) is 24.8 Å². The Morgan fingerprint density at radius 3 is 2.74 bits per heavy atom. The monoisotopic (exact) mass is 309 g/mol. The van der Waals surface area contributed by atoms with E-state index in [4.69, 9.17) is 4.74 Å². The van der Waals surface area contributed by atoms with Crippen LogP contribution in [-0.2, 0) is 4.79 Å². The third-order valence-corrected chi connectivity index (χ3v) is 2.17. The second-order valence-corrected chi connectivity index (χ2v) is 3.59. The van der Waals surface area contributed by atoms with Gasteiger partial charge in [0, 0.05) is 19.3 Å². The Hall–Kier alpha value is -1.04. The molecule has 7 heteroatoms. The van der Waals surface area contributed by atoms with Gasteiger partial charge in [-0.25, -0.2) is 0 Å². The van der Waals surface area contributed by atoms with Crippen molar-refractivity contribution in [3.05, 3.63) is 24.5 Å². The number of ether oxygens (including phenoxy) is 1. The van der Waals surface area contributed by atoms with E-state index in [0.29, 0.717) is 12.3 Å². The van der Waals surface area contributed by atoms with Crippen molar-refractivity contribution in [2.75, 3.05) is 19.6 Å². The second kappa shape index (κ2) is 12.0. The van der Waals surface area contributed by atoms with E-state index in [1.807, 2.05) is 6.92 Å². The molecule has 0 aliphatic heterocycles. The summed E-state index contributed by atoms with van der Waals surface area (Å²) in [5.74, 6) is 0.480. The van der Waals surface area contributed by atoms with Gasteiger partial charge in [-0.05, 0) is 25.6 Å². The molecule has 2 N–H and O–H groups in total. The first kappa shape index (κ1) is 20.3. The van der Waals surface area contributed by atoms with E-state index in [1.165, 1.54) is 0 Å². The van der Waals surface area contributed by atoms with Gasteiger partial charge in [-0.3, -0.25) is 9.78 Å². The SMILES string of the molecule is CCNCCNC(=O)C(C)Oc1cccnc1.Cl.Cl. The minimum absolute atomic E-state index is 0. The summed E-state index contributed by atoms with van der Waals surface area (Å²) in [6, 6.07) is 3.54. The van der Waals surface area contributed by atoms with Crippen molar-refractivity contribution in [3.63, 3.8) is 0 Å². The molecule has 1 amide bonds. The van der Waals surface area contributed by atoms with Crippen LogP contribution in [0.4, 0.5) is 0 Å². The fraction of sp³-hybridized carbons (Fsp3) is 0.500. The third-order valence-electron chi connectivity index (χ3n) is 2.17. The molecule has 19 heavy (non-hydrogen) atoms. The topological polar surface area (TPSA) is 63.2 Å². The molecule has 0 saturated heterocycles. The fourth-order valence-corrected chi connectivity index (χ4v) is 1.27. The van der Waals surface area contributed by atoms with Crippen molar-refractivity contribution in [3.8, 4) is 5.75 Å². The van der Waals surface area contributed by atoms with Crippen molar-refractivity contribution >= 4 is 30.7 Å². The number of pyridine rings is 1. The number of rotatable bonds is 7. The minimum atomic E-state index is -0.513. The fourth-order valence-electron chi connectivity index (χ4n) is 1.27. The highest BCUT2D eigenvalue weighted by Gasteiger charge is 2.13. The molecule has 1 atom stereocenters. The predicted octanol–water partition coefficient (Wildman–Crippen LogP) is 1.42. The number of likely N-dealkylation sites (N-methyl/N-ethyl adjacent to an activating group) is 1. The van der Waals surface area contributed by atoms with E-state index in [-0.39, 0.29) is 30.7 Å². The van der Waals surface area contributed by atoms with Crippen molar-refractivity contribution in [2.24, 2.45) is 0 Å². The molecular weight excluding hydrogens is 289 g/mol. The molecule has 1 rings (SSSR count). The first-order chi connectivity index (χ1) is 8.24. The molecule has 0 aromatic carbocycles. The molecule has 0 aliphatic carbocycles. The summed E-state index contributed by atoms with van der Waals surface area (Å²) in [7, 11) is 0. The Morgan fingerprint density at radius 2 is 2.16 bits per heavy atom. The molecule has 5 nitrogen and oxygen atoms in total. The Labute approximate surface area is 126 Å². The molecule has 0 spiro atoms. The molecule has 1 unspecified atom stereocenters. The molecule has 0 fully saturated rings. The molecule has 0 radical (unpaired) electrons. The number of aromatic nitrogens is 1. The first-order valence-electron chi connectivity index (χ1n) is 5.79. The van der Waals surface area contributed by atoms with Gasteiger partial charge in [-0.1, -0.05) is 6.92 Å². The lowest BCUT2D eigenvalue weighted by Crippen LogP contribution is -2.39. The zero-order chi connectivity index (χ0) is 12.5.